The summed E-state index contributed by atoms with van der Waals surface area (Å²) in [4.78, 5) is 6.78. The maximum atomic E-state index is 12.6. The zero-order valence-corrected chi connectivity index (χ0v) is 10.5. The molecule has 0 amide bonds. The van der Waals surface area contributed by atoms with Crippen LogP contribution >= 0.6 is 0 Å². The van der Waals surface area contributed by atoms with Gasteiger partial charge in [-0.3, -0.25) is 0 Å². The third-order valence-electron chi connectivity index (χ3n) is 2.21. The zero-order valence-electron chi connectivity index (χ0n) is 10.5. The number of alkyl halides is 3. The predicted octanol–water partition coefficient (Wildman–Crippen LogP) is 3.10. The zero-order chi connectivity index (χ0) is 13.8. The van der Waals surface area contributed by atoms with Crippen molar-refractivity contribution in [3.8, 4) is 5.88 Å². The van der Waals surface area contributed by atoms with E-state index in [0.717, 1.165) is 0 Å². The highest BCUT2D eigenvalue weighted by molar-refractivity contribution is 5.38. The molecule has 1 atom stereocenters. The molecule has 1 N–H and O–H groups in total. The summed E-state index contributed by atoms with van der Waals surface area (Å²) >= 11 is 0. The fourth-order valence-electron chi connectivity index (χ4n) is 1.17. The highest BCUT2D eigenvalue weighted by atomic mass is 19.4. The van der Waals surface area contributed by atoms with Gasteiger partial charge in [0.1, 0.15) is 5.82 Å². The molecule has 0 spiro atoms. The van der Waals surface area contributed by atoms with Crippen molar-refractivity contribution in [3.63, 3.8) is 0 Å². The van der Waals surface area contributed by atoms with Gasteiger partial charge in [0.25, 0.3) is 0 Å². The predicted molar refractivity (Wildman–Crippen MR) is 61.6 cm³/mol. The third-order valence-corrected chi connectivity index (χ3v) is 2.21. The summed E-state index contributed by atoms with van der Waals surface area (Å²) in [6.45, 7) is 5.88. The first kappa shape index (κ1) is 14.5. The van der Waals surface area contributed by atoms with Gasteiger partial charge >= 0.3 is 6.18 Å². The topological polar surface area (TPSA) is 47.0 Å². The maximum absolute atomic E-state index is 12.6. The van der Waals surface area contributed by atoms with Crippen LogP contribution in [0.4, 0.5) is 19.0 Å². The van der Waals surface area contributed by atoms with E-state index >= 15 is 0 Å². The van der Waals surface area contributed by atoms with E-state index < -0.39 is 12.0 Å². The van der Waals surface area contributed by atoms with Crippen molar-refractivity contribution in [1.82, 2.24) is 9.97 Å². The van der Waals surface area contributed by atoms with Gasteiger partial charge in [0.05, 0.1) is 6.10 Å². The van der Waals surface area contributed by atoms with E-state index in [0.29, 0.717) is 13.0 Å². The molecule has 0 aromatic carbocycles. The molecule has 1 heterocycles. The standard InChI is InChI=1S/C11H16F3N3O/c1-4-7(3)18-9-6-8(15-5-2)16-10(17-9)11(12,13)14/h6-7H,4-5H2,1-3H3,(H,15,16,17). The Hall–Kier alpha value is -1.53. The first-order valence-electron chi connectivity index (χ1n) is 5.73. The van der Waals surface area contributed by atoms with E-state index in [1.165, 1.54) is 6.07 Å². The molecule has 0 aliphatic heterocycles. The van der Waals surface area contributed by atoms with Gasteiger partial charge in [0.15, 0.2) is 0 Å². The molecule has 0 radical (unpaired) electrons. The van der Waals surface area contributed by atoms with E-state index in [9.17, 15) is 13.2 Å². The minimum absolute atomic E-state index is 0.0670. The first-order chi connectivity index (χ1) is 8.36. The number of halogens is 3. The van der Waals surface area contributed by atoms with Crippen LogP contribution in [-0.4, -0.2) is 22.6 Å². The molecule has 0 aliphatic carbocycles. The van der Waals surface area contributed by atoms with Crippen LogP contribution in [0.3, 0.4) is 0 Å². The number of rotatable bonds is 5. The Morgan fingerprint density at radius 2 is 2.00 bits per heavy atom. The van der Waals surface area contributed by atoms with Crippen LogP contribution in [0.25, 0.3) is 0 Å². The molecule has 7 heteroatoms. The second-order valence-corrected chi connectivity index (χ2v) is 3.78. The van der Waals surface area contributed by atoms with Crippen LogP contribution in [0, 0.1) is 0 Å². The van der Waals surface area contributed by atoms with Crippen molar-refractivity contribution in [1.29, 1.82) is 0 Å². The third kappa shape index (κ3) is 4.05. The van der Waals surface area contributed by atoms with E-state index in [1.54, 1.807) is 13.8 Å². The molecule has 1 aromatic rings. The molecular formula is C11H16F3N3O. The van der Waals surface area contributed by atoms with Gasteiger partial charge in [-0.2, -0.15) is 18.2 Å². The van der Waals surface area contributed by atoms with E-state index in [2.05, 4.69) is 15.3 Å². The Balaban J connectivity index is 3.06. The fourth-order valence-corrected chi connectivity index (χ4v) is 1.17. The minimum Gasteiger partial charge on any atom is -0.475 e. The molecule has 4 nitrogen and oxygen atoms in total. The molecule has 1 unspecified atom stereocenters. The van der Waals surface area contributed by atoms with Crippen molar-refractivity contribution < 1.29 is 17.9 Å². The molecule has 102 valence electrons. The van der Waals surface area contributed by atoms with Gasteiger partial charge < -0.3 is 10.1 Å². The van der Waals surface area contributed by atoms with Gasteiger partial charge in [-0.1, -0.05) is 6.92 Å². The average molecular weight is 263 g/mol. The number of ether oxygens (including phenoxy) is 1. The molecule has 1 rings (SSSR count). The number of nitrogens with zero attached hydrogens (tertiary/aromatic N) is 2. The van der Waals surface area contributed by atoms with E-state index in [1.807, 2.05) is 6.92 Å². The Kier molecular flexibility index (Phi) is 4.75. The Morgan fingerprint density at radius 3 is 2.50 bits per heavy atom. The van der Waals surface area contributed by atoms with Crippen LogP contribution in [0.1, 0.15) is 33.0 Å². The van der Waals surface area contributed by atoms with Crippen LogP contribution < -0.4 is 10.1 Å². The SMILES string of the molecule is CCNc1cc(OC(C)CC)nc(C(F)(F)F)n1. The minimum atomic E-state index is -4.58. The second-order valence-electron chi connectivity index (χ2n) is 3.78. The molecule has 0 saturated carbocycles. The summed E-state index contributed by atoms with van der Waals surface area (Å²) in [5, 5.41) is 2.72. The summed E-state index contributed by atoms with van der Waals surface area (Å²) < 4.78 is 43.1. The van der Waals surface area contributed by atoms with Gasteiger partial charge in [0.2, 0.25) is 11.7 Å². The van der Waals surface area contributed by atoms with Crippen LogP contribution in [0.5, 0.6) is 5.88 Å². The van der Waals surface area contributed by atoms with Gasteiger partial charge in [0, 0.05) is 12.6 Å². The molecule has 0 saturated heterocycles. The highest BCUT2D eigenvalue weighted by Gasteiger charge is 2.35. The molecule has 1 aromatic heterocycles. The smallest absolute Gasteiger partial charge is 0.451 e. The van der Waals surface area contributed by atoms with Crippen molar-refractivity contribution in [2.75, 3.05) is 11.9 Å². The lowest BCUT2D eigenvalue weighted by molar-refractivity contribution is -0.145. The van der Waals surface area contributed by atoms with Crippen molar-refractivity contribution in [2.45, 2.75) is 39.5 Å². The normalized spacial score (nSPS) is 13.2. The summed E-state index contributed by atoms with van der Waals surface area (Å²) in [7, 11) is 0. The fraction of sp³-hybridized carbons (Fsp3) is 0.636. The molecular weight excluding hydrogens is 247 g/mol. The molecule has 18 heavy (non-hydrogen) atoms. The Labute approximate surface area is 104 Å². The number of hydrogen-bond acceptors (Lipinski definition) is 4. The molecule has 0 aliphatic rings. The molecule has 0 bridgehead atoms. The number of aromatic nitrogens is 2. The number of anilines is 1. The van der Waals surface area contributed by atoms with Crippen molar-refractivity contribution in [3.05, 3.63) is 11.9 Å². The number of hydrogen-bond donors (Lipinski definition) is 1. The van der Waals surface area contributed by atoms with Crippen molar-refractivity contribution >= 4 is 5.82 Å². The van der Waals surface area contributed by atoms with Gasteiger partial charge in [-0.15, -0.1) is 0 Å². The summed E-state index contributed by atoms with van der Waals surface area (Å²) in [6, 6.07) is 1.37. The highest BCUT2D eigenvalue weighted by Crippen LogP contribution is 2.29. The van der Waals surface area contributed by atoms with E-state index in [4.69, 9.17) is 4.74 Å². The monoisotopic (exact) mass is 263 g/mol. The van der Waals surface area contributed by atoms with Gasteiger partial charge in [-0.25, -0.2) is 4.98 Å². The first-order valence-corrected chi connectivity index (χ1v) is 5.73. The lowest BCUT2D eigenvalue weighted by Crippen LogP contribution is -2.17. The lowest BCUT2D eigenvalue weighted by Gasteiger charge is -2.14. The maximum Gasteiger partial charge on any atom is 0.451 e. The quantitative estimate of drug-likeness (QED) is 0.886. The van der Waals surface area contributed by atoms with Gasteiger partial charge in [-0.05, 0) is 20.3 Å². The number of nitrogens with one attached hydrogen (secondary N) is 1. The Bertz CT molecular complexity index is 396. The van der Waals surface area contributed by atoms with E-state index in [-0.39, 0.29) is 17.8 Å². The van der Waals surface area contributed by atoms with Crippen LogP contribution in [-0.2, 0) is 6.18 Å². The van der Waals surface area contributed by atoms with Crippen LogP contribution in [0.2, 0.25) is 0 Å². The van der Waals surface area contributed by atoms with Crippen LogP contribution in [0.15, 0.2) is 6.07 Å². The summed E-state index contributed by atoms with van der Waals surface area (Å²) in [5.74, 6) is -1.15. The Morgan fingerprint density at radius 1 is 1.33 bits per heavy atom. The summed E-state index contributed by atoms with van der Waals surface area (Å²) in [5.41, 5.74) is 0. The lowest BCUT2D eigenvalue weighted by atomic mass is 10.3. The molecule has 0 fully saturated rings. The van der Waals surface area contributed by atoms with Crippen molar-refractivity contribution in [2.24, 2.45) is 0 Å². The second kappa shape index (κ2) is 5.88. The largest absolute Gasteiger partial charge is 0.475 e. The average Bonchev–Trinajstić information content (AvgIpc) is 2.27. The summed E-state index contributed by atoms with van der Waals surface area (Å²) in [6.07, 6.45) is -4.10.